The highest BCUT2D eigenvalue weighted by molar-refractivity contribution is 7.92. The number of benzene rings is 3. The summed E-state index contributed by atoms with van der Waals surface area (Å²) in [5, 5.41) is 6.33. The van der Waals surface area contributed by atoms with E-state index in [0.717, 1.165) is 34.4 Å². The van der Waals surface area contributed by atoms with Crippen molar-refractivity contribution >= 4 is 49.5 Å². The minimum Gasteiger partial charge on any atom is -0.494 e. The molecule has 5 aromatic rings. The molecule has 0 amide bonds. The lowest BCUT2D eigenvalue weighted by atomic mass is 10.0. The van der Waals surface area contributed by atoms with Crippen molar-refractivity contribution in [3.05, 3.63) is 115 Å². The summed E-state index contributed by atoms with van der Waals surface area (Å²) in [4.78, 5) is 6.69. The molecule has 8 nitrogen and oxygen atoms in total. The largest absolute Gasteiger partial charge is 0.494 e. The summed E-state index contributed by atoms with van der Waals surface area (Å²) in [6.07, 6.45) is 4.93. The van der Waals surface area contributed by atoms with Gasteiger partial charge in [-0.25, -0.2) is 8.42 Å². The van der Waals surface area contributed by atoms with Crippen LogP contribution < -0.4 is 19.7 Å². The number of rotatable bonds is 7. The second-order valence-electron chi connectivity index (χ2n) is 9.59. The van der Waals surface area contributed by atoms with Crippen LogP contribution in [0.3, 0.4) is 0 Å². The number of sulfonamides is 1. The van der Waals surface area contributed by atoms with Crippen molar-refractivity contribution in [3.8, 4) is 11.4 Å². The molecule has 2 atom stereocenters. The van der Waals surface area contributed by atoms with Gasteiger partial charge in [0.25, 0.3) is 0 Å². The van der Waals surface area contributed by atoms with Gasteiger partial charge in [0.05, 0.1) is 30.8 Å². The average molecular weight is 570 g/mol. The van der Waals surface area contributed by atoms with Crippen molar-refractivity contribution in [2.75, 3.05) is 23.0 Å². The van der Waals surface area contributed by atoms with Crippen LogP contribution in [-0.4, -0.2) is 36.4 Å². The fourth-order valence-corrected chi connectivity index (χ4v) is 6.16. The van der Waals surface area contributed by atoms with E-state index in [1.165, 1.54) is 12.5 Å². The van der Waals surface area contributed by atoms with Crippen LogP contribution in [0.1, 0.15) is 23.5 Å². The number of pyridine rings is 1. The number of nitrogens with one attached hydrogen (secondary N) is 2. The van der Waals surface area contributed by atoms with Crippen LogP contribution >= 0.6 is 12.2 Å². The van der Waals surface area contributed by atoms with Gasteiger partial charge < -0.3 is 19.5 Å². The lowest BCUT2D eigenvalue weighted by molar-refractivity contribution is 0.417. The third-order valence-electron chi connectivity index (χ3n) is 6.95. The van der Waals surface area contributed by atoms with Gasteiger partial charge in [-0.05, 0) is 71.5 Å². The predicted octanol–water partition coefficient (Wildman–Crippen LogP) is 5.58. The molecule has 0 spiro atoms. The third kappa shape index (κ3) is 4.87. The number of ether oxygens (including phenoxy) is 1. The molecule has 0 radical (unpaired) electrons. The van der Waals surface area contributed by atoms with Gasteiger partial charge in [-0.15, -0.1) is 0 Å². The Hall–Kier alpha value is -4.41. The van der Waals surface area contributed by atoms with Gasteiger partial charge in [0.2, 0.25) is 10.0 Å². The van der Waals surface area contributed by atoms with Crippen molar-refractivity contribution in [2.24, 2.45) is 0 Å². The fourth-order valence-electron chi connectivity index (χ4n) is 5.24. The topological polar surface area (TPSA) is 88.5 Å². The molecule has 202 valence electrons. The molecule has 1 aliphatic heterocycles. The molecule has 2 aromatic heterocycles. The smallest absolute Gasteiger partial charge is 0.229 e. The van der Waals surface area contributed by atoms with Gasteiger partial charge in [-0.3, -0.25) is 9.71 Å². The highest BCUT2D eigenvalue weighted by atomic mass is 32.2. The molecule has 1 aliphatic rings. The number of anilines is 2. The van der Waals surface area contributed by atoms with Gasteiger partial charge in [-0.1, -0.05) is 36.4 Å². The number of hydrogen-bond acceptors (Lipinski definition) is 5. The molecule has 3 aromatic carbocycles. The minimum atomic E-state index is -3.49. The zero-order valence-corrected chi connectivity index (χ0v) is 23.5. The molecule has 2 N–H and O–H groups in total. The normalized spacial score (nSPS) is 17.1. The molecular weight excluding hydrogens is 542 g/mol. The van der Waals surface area contributed by atoms with E-state index in [2.05, 4.69) is 56.0 Å². The van der Waals surface area contributed by atoms with E-state index in [0.29, 0.717) is 16.5 Å². The van der Waals surface area contributed by atoms with Crippen molar-refractivity contribution in [1.29, 1.82) is 0 Å². The molecular formula is C30H27N5O3S2. The molecule has 1 fully saturated rings. The van der Waals surface area contributed by atoms with Gasteiger partial charge >= 0.3 is 0 Å². The predicted molar refractivity (Wildman–Crippen MR) is 163 cm³/mol. The number of nitrogens with zero attached hydrogens (tertiary/aromatic N) is 3. The maximum Gasteiger partial charge on any atom is 0.229 e. The van der Waals surface area contributed by atoms with Crippen molar-refractivity contribution < 1.29 is 13.2 Å². The summed E-state index contributed by atoms with van der Waals surface area (Å²) >= 11 is 5.90. The maximum atomic E-state index is 11.9. The summed E-state index contributed by atoms with van der Waals surface area (Å²) in [6.45, 7) is 0. The Kier molecular flexibility index (Phi) is 6.65. The van der Waals surface area contributed by atoms with Crippen LogP contribution in [0.2, 0.25) is 0 Å². The van der Waals surface area contributed by atoms with E-state index in [4.69, 9.17) is 17.0 Å². The number of fused-ring (bicyclic) bond motifs is 1. The Morgan fingerprint density at radius 3 is 2.45 bits per heavy atom. The number of thiocarbonyl (C=S) groups is 1. The second-order valence-corrected chi connectivity index (χ2v) is 11.7. The van der Waals surface area contributed by atoms with E-state index in [1.807, 2.05) is 53.6 Å². The SMILES string of the molecule is COc1cc(N2C(=S)N[C@@H](c3ccccn3)[C@H]2c2cccn2-c2ccc3ccccc3c2)ccc1NS(C)(=O)=O. The Morgan fingerprint density at radius 1 is 0.925 bits per heavy atom. The zero-order chi connectivity index (χ0) is 27.9. The summed E-state index contributed by atoms with van der Waals surface area (Å²) < 4.78 is 34.1. The summed E-state index contributed by atoms with van der Waals surface area (Å²) in [5.74, 6) is 0.385. The zero-order valence-electron chi connectivity index (χ0n) is 21.9. The maximum absolute atomic E-state index is 11.9. The first-order valence-corrected chi connectivity index (χ1v) is 15.0. The first-order valence-electron chi connectivity index (χ1n) is 12.7. The first kappa shape index (κ1) is 25.8. The van der Waals surface area contributed by atoms with E-state index in [9.17, 15) is 8.42 Å². The fraction of sp³-hybridized carbons (Fsp3) is 0.133. The molecule has 3 heterocycles. The van der Waals surface area contributed by atoms with Crippen molar-refractivity contribution in [2.45, 2.75) is 12.1 Å². The van der Waals surface area contributed by atoms with Crippen LogP contribution in [0.4, 0.5) is 11.4 Å². The molecule has 0 aliphatic carbocycles. The number of methoxy groups -OCH3 is 1. The van der Waals surface area contributed by atoms with Crippen LogP contribution in [0.5, 0.6) is 5.75 Å². The summed E-state index contributed by atoms with van der Waals surface area (Å²) in [5.41, 5.74) is 4.00. The number of hydrogen-bond donors (Lipinski definition) is 2. The summed E-state index contributed by atoms with van der Waals surface area (Å²) in [7, 11) is -1.98. The Labute approximate surface area is 238 Å². The molecule has 0 saturated carbocycles. The van der Waals surface area contributed by atoms with E-state index >= 15 is 0 Å². The summed E-state index contributed by atoms with van der Waals surface area (Å²) in [6, 6.07) is 29.4. The van der Waals surface area contributed by atoms with E-state index in [-0.39, 0.29) is 12.1 Å². The number of aromatic nitrogens is 2. The molecule has 10 heteroatoms. The minimum absolute atomic E-state index is 0.248. The molecule has 1 saturated heterocycles. The Morgan fingerprint density at radius 2 is 1.70 bits per heavy atom. The standard InChI is InChI=1S/C30H27N5O3S2/c1-38-27-19-23(14-15-24(27)33-40(2,36)37)35-29(28(32-30(35)39)25-10-5-6-16-31-25)26-11-7-17-34(26)22-13-12-20-8-3-4-9-21(20)18-22/h3-19,28-29,33H,1-2H3,(H,32,39)/t28-,29+/m0/s1. The molecule has 0 unspecified atom stereocenters. The van der Waals surface area contributed by atoms with Gasteiger partial charge in [0.15, 0.2) is 5.11 Å². The average Bonchev–Trinajstić information content (AvgIpc) is 3.57. The van der Waals surface area contributed by atoms with E-state index in [1.54, 1.807) is 18.3 Å². The van der Waals surface area contributed by atoms with Crippen molar-refractivity contribution in [1.82, 2.24) is 14.9 Å². The highest BCUT2D eigenvalue weighted by Gasteiger charge is 2.42. The van der Waals surface area contributed by atoms with Crippen molar-refractivity contribution in [3.63, 3.8) is 0 Å². The van der Waals surface area contributed by atoms with Gasteiger partial charge in [0.1, 0.15) is 11.8 Å². The van der Waals surface area contributed by atoms with Crippen LogP contribution in [0.15, 0.2) is 103 Å². The van der Waals surface area contributed by atoms with Gasteiger partial charge in [0, 0.05) is 35.5 Å². The highest BCUT2D eigenvalue weighted by Crippen LogP contribution is 2.44. The Balaban J connectivity index is 1.49. The molecule has 0 bridgehead atoms. The monoisotopic (exact) mass is 569 g/mol. The van der Waals surface area contributed by atoms with E-state index < -0.39 is 10.0 Å². The first-order chi connectivity index (χ1) is 19.3. The van der Waals surface area contributed by atoms with Crippen LogP contribution in [0, 0.1) is 0 Å². The molecule has 40 heavy (non-hydrogen) atoms. The van der Waals surface area contributed by atoms with Crippen LogP contribution in [-0.2, 0) is 10.0 Å². The quantitative estimate of drug-likeness (QED) is 0.247. The van der Waals surface area contributed by atoms with Crippen LogP contribution in [0.25, 0.3) is 16.5 Å². The lowest BCUT2D eigenvalue weighted by Crippen LogP contribution is -2.30. The second kappa shape index (κ2) is 10.3. The Bertz CT molecular complexity index is 1820. The lowest BCUT2D eigenvalue weighted by Gasteiger charge is -2.29. The van der Waals surface area contributed by atoms with Gasteiger partial charge in [-0.2, -0.15) is 0 Å². The third-order valence-corrected chi connectivity index (χ3v) is 7.86. The molecule has 6 rings (SSSR count).